The topological polar surface area (TPSA) is 69.6 Å². The van der Waals surface area contributed by atoms with Gasteiger partial charge in [-0.15, -0.1) is 11.8 Å². The maximum Gasteiger partial charge on any atom is 0.338 e. The number of anilines is 1. The number of benzene rings is 1. The zero-order valence-electron chi connectivity index (χ0n) is 11.7. The van der Waals surface area contributed by atoms with E-state index in [0.717, 1.165) is 36.5 Å². The predicted octanol–water partition coefficient (Wildman–Crippen LogP) is 3.07. The highest BCUT2D eigenvalue weighted by atomic mass is 32.2. The molecule has 4 nitrogen and oxygen atoms in total. The Kier molecular flexibility index (Phi) is 4.94. The second-order valence-electron chi connectivity index (χ2n) is 5.24. The molecule has 0 radical (unpaired) electrons. The second kappa shape index (κ2) is 6.50. The Morgan fingerprint density at radius 3 is 2.75 bits per heavy atom. The van der Waals surface area contributed by atoms with E-state index in [0.29, 0.717) is 11.3 Å². The minimum atomic E-state index is -0.893. The Morgan fingerprint density at radius 1 is 1.45 bits per heavy atom. The molecule has 0 heterocycles. The van der Waals surface area contributed by atoms with Gasteiger partial charge in [-0.05, 0) is 42.6 Å². The molecule has 110 valence electrons. The molecule has 0 bridgehead atoms. The van der Waals surface area contributed by atoms with Gasteiger partial charge in [-0.1, -0.05) is 13.0 Å². The number of carbonyl (C=O) groups is 1. The zero-order valence-corrected chi connectivity index (χ0v) is 12.5. The summed E-state index contributed by atoms with van der Waals surface area (Å²) in [5.74, 6) is -0.0471. The molecule has 0 atom stereocenters. The maximum absolute atomic E-state index is 11.5. The highest BCUT2D eigenvalue weighted by Crippen LogP contribution is 2.48. The van der Waals surface area contributed by atoms with E-state index in [2.05, 4.69) is 5.32 Å². The molecule has 0 aromatic heterocycles. The van der Waals surface area contributed by atoms with Crippen LogP contribution in [-0.2, 0) is 0 Å². The van der Waals surface area contributed by atoms with Gasteiger partial charge in [0.05, 0.1) is 5.56 Å². The van der Waals surface area contributed by atoms with Crippen LogP contribution in [0.15, 0.2) is 23.1 Å². The molecule has 0 aliphatic heterocycles. The Balaban J connectivity index is 2.14. The van der Waals surface area contributed by atoms with Crippen molar-refractivity contribution in [1.82, 2.24) is 0 Å². The standard InChI is InChI=1S/C15H21NO3S/c1-2-20-12-5-3-4-11(13(12)14(18)19)16-10-15(6-7-15)8-9-17/h3-5,16-17H,2,6-10H2,1H3,(H,18,19). The first-order chi connectivity index (χ1) is 9.62. The number of thioether (sulfide) groups is 1. The monoisotopic (exact) mass is 295 g/mol. The molecule has 0 unspecified atom stereocenters. The van der Waals surface area contributed by atoms with E-state index in [1.54, 1.807) is 11.8 Å². The van der Waals surface area contributed by atoms with Crippen molar-refractivity contribution in [2.24, 2.45) is 5.41 Å². The molecule has 20 heavy (non-hydrogen) atoms. The molecule has 3 N–H and O–H groups in total. The van der Waals surface area contributed by atoms with Crippen LogP contribution in [0.25, 0.3) is 0 Å². The fourth-order valence-corrected chi connectivity index (χ4v) is 3.21. The van der Waals surface area contributed by atoms with Crippen molar-refractivity contribution >= 4 is 23.4 Å². The molecule has 5 heteroatoms. The van der Waals surface area contributed by atoms with Gasteiger partial charge in [0.15, 0.2) is 0 Å². The summed E-state index contributed by atoms with van der Waals surface area (Å²) in [5, 5.41) is 21.8. The number of aliphatic hydroxyl groups excluding tert-OH is 1. The van der Waals surface area contributed by atoms with Gasteiger partial charge in [-0.25, -0.2) is 4.79 Å². The molecule has 0 amide bonds. The van der Waals surface area contributed by atoms with Crippen LogP contribution in [0.3, 0.4) is 0 Å². The van der Waals surface area contributed by atoms with E-state index in [1.807, 2.05) is 25.1 Å². The first-order valence-corrected chi connectivity index (χ1v) is 7.94. The Bertz CT molecular complexity index is 486. The number of hydrogen-bond acceptors (Lipinski definition) is 4. The highest BCUT2D eigenvalue weighted by Gasteiger charge is 2.41. The summed E-state index contributed by atoms with van der Waals surface area (Å²) in [6.45, 7) is 2.93. The van der Waals surface area contributed by atoms with Crippen LogP contribution in [0.5, 0.6) is 0 Å². The molecule has 1 fully saturated rings. The van der Waals surface area contributed by atoms with Crippen molar-refractivity contribution < 1.29 is 15.0 Å². The number of carboxylic acid groups (broad SMARTS) is 1. The Hall–Kier alpha value is -1.20. The van der Waals surface area contributed by atoms with Gasteiger partial charge in [-0.3, -0.25) is 0 Å². The summed E-state index contributed by atoms with van der Waals surface area (Å²) in [7, 11) is 0. The van der Waals surface area contributed by atoms with Crippen molar-refractivity contribution in [3.05, 3.63) is 23.8 Å². The molecule has 1 aliphatic rings. The number of nitrogens with one attached hydrogen (secondary N) is 1. The lowest BCUT2D eigenvalue weighted by atomic mass is 10.0. The molecule has 1 saturated carbocycles. The van der Waals surface area contributed by atoms with Crippen molar-refractivity contribution in [1.29, 1.82) is 0 Å². The molecule has 1 aromatic carbocycles. The number of carboxylic acids is 1. The summed E-state index contributed by atoms with van der Waals surface area (Å²) >= 11 is 1.54. The number of rotatable bonds is 8. The molecule has 0 saturated heterocycles. The van der Waals surface area contributed by atoms with Crippen molar-refractivity contribution in [2.45, 2.75) is 31.1 Å². The molecular formula is C15H21NO3S. The molecule has 0 spiro atoms. The average Bonchev–Trinajstić information content (AvgIpc) is 3.17. The summed E-state index contributed by atoms with van der Waals surface area (Å²) in [4.78, 5) is 12.3. The normalized spacial score (nSPS) is 15.9. The van der Waals surface area contributed by atoms with Crippen LogP contribution in [0.2, 0.25) is 0 Å². The minimum absolute atomic E-state index is 0.165. The third kappa shape index (κ3) is 3.46. The van der Waals surface area contributed by atoms with Crippen LogP contribution in [0.1, 0.15) is 36.5 Å². The number of hydrogen-bond donors (Lipinski definition) is 3. The van der Waals surface area contributed by atoms with E-state index >= 15 is 0 Å². The molecule has 1 aliphatic carbocycles. The lowest BCUT2D eigenvalue weighted by molar-refractivity contribution is 0.0694. The number of aromatic carboxylic acids is 1. The van der Waals surface area contributed by atoms with Gasteiger partial charge < -0.3 is 15.5 Å². The lowest BCUT2D eigenvalue weighted by Crippen LogP contribution is -2.18. The smallest absolute Gasteiger partial charge is 0.338 e. The lowest BCUT2D eigenvalue weighted by Gasteiger charge is -2.18. The van der Waals surface area contributed by atoms with Crippen LogP contribution in [0.4, 0.5) is 5.69 Å². The minimum Gasteiger partial charge on any atom is -0.478 e. The largest absolute Gasteiger partial charge is 0.478 e. The van der Waals surface area contributed by atoms with Crippen LogP contribution < -0.4 is 5.32 Å². The van der Waals surface area contributed by atoms with Crippen LogP contribution in [0, 0.1) is 5.41 Å². The van der Waals surface area contributed by atoms with E-state index in [1.165, 1.54) is 0 Å². The van der Waals surface area contributed by atoms with Crippen LogP contribution in [-0.4, -0.2) is 35.1 Å². The predicted molar refractivity (Wildman–Crippen MR) is 81.7 cm³/mol. The highest BCUT2D eigenvalue weighted by molar-refractivity contribution is 7.99. The summed E-state index contributed by atoms with van der Waals surface area (Å²) in [5.41, 5.74) is 1.21. The van der Waals surface area contributed by atoms with E-state index in [9.17, 15) is 9.90 Å². The molecule has 2 rings (SSSR count). The van der Waals surface area contributed by atoms with Gasteiger partial charge in [0, 0.05) is 23.7 Å². The number of aliphatic hydroxyl groups is 1. The second-order valence-corrected chi connectivity index (χ2v) is 6.55. The SMILES string of the molecule is CCSc1cccc(NCC2(CCO)CC2)c1C(=O)O. The van der Waals surface area contributed by atoms with E-state index in [-0.39, 0.29) is 12.0 Å². The molecule has 1 aromatic rings. The quantitative estimate of drug-likeness (QED) is 0.643. The van der Waals surface area contributed by atoms with E-state index < -0.39 is 5.97 Å². The van der Waals surface area contributed by atoms with Gasteiger partial charge >= 0.3 is 5.97 Å². The Labute approximate surface area is 123 Å². The fraction of sp³-hybridized carbons (Fsp3) is 0.533. The molecular weight excluding hydrogens is 274 g/mol. The summed E-state index contributed by atoms with van der Waals surface area (Å²) in [6, 6.07) is 5.56. The summed E-state index contributed by atoms with van der Waals surface area (Å²) < 4.78 is 0. The van der Waals surface area contributed by atoms with Gasteiger partial charge in [0.1, 0.15) is 0 Å². The van der Waals surface area contributed by atoms with Gasteiger partial charge in [0.2, 0.25) is 0 Å². The Morgan fingerprint density at radius 2 is 2.20 bits per heavy atom. The van der Waals surface area contributed by atoms with Gasteiger partial charge in [-0.2, -0.15) is 0 Å². The third-order valence-electron chi connectivity index (χ3n) is 3.79. The third-order valence-corrected chi connectivity index (χ3v) is 4.73. The van der Waals surface area contributed by atoms with Crippen LogP contribution >= 0.6 is 11.8 Å². The fourth-order valence-electron chi connectivity index (χ4n) is 2.39. The summed E-state index contributed by atoms with van der Waals surface area (Å²) in [6.07, 6.45) is 2.99. The first kappa shape index (κ1) is 15.2. The zero-order chi connectivity index (χ0) is 14.6. The average molecular weight is 295 g/mol. The van der Waals surface area contributed by atoms with E-state index in [4.69, 9.17) is 5.11 Å². The van der Waals surface area contributed by atoms with Crippen molar-refractivity contribution in [2.75, 3.05) is 24.2 Å². The van der Waals surface area contributed by atoms with Crippen molar-refractivity contribution in [3.8, 4) is 0 Å². The first-order valence-electron chi connectivity index (χ1n) is 6.96. The van der Waals surface area contributed by atoms with Gasteiger partial charge in [0.25, 0.3) is 0 Å². The van der Waals surface area contributed by atoms with Crippen molar-refractivity contribution in [3.63, 3.8) is 0 Å². The maximum atomic E-state index is 11.5.